The molecular formula is C30H35N3O5S. The van der Waals surface area contributed by atoms with Gasteiger partial charge in [0.2, 0.25) is 0 Å². The van der Waals surface area contributed by atoms with Crippen LogP contribution in [0.15, 0.2) is 66.0 Å². The number of aliphatic hydroxyl groups excluding tert-OH is 2. The normalized spacial score (nSPS) is 16.6. The van der Waals surface area contributed by atoms with Crippen LogP contribution in [0, 0.1) is 5.92 Å². The van der Waals surface area contributed by atoms with E-state index in [1.54, 1.807) is 0 Å². The molecule has 3 amide bonds. The lowest BCUT2D eigenvalue weighted by Gasteiger charge is -2.28. The zero-order chi connectivity index (χ0) is 27.9. The first-order valence-corrected chi connectivity index (χ1v) is 14.1. The van der Waals surface area contributed by atoms with Gasteiger partial charge >= 0.3 is 0 Å². The first-order valence-electron chi connectivity index (χ1n) is 13.2. The van der Waals surface area contributed by atoms with Gasteiger partial charge in [-0.2, -0.15) is 0 Å². The van der Waals surface area contributed by atoms with Gasteiger partial charge in [0, 0.05) is 25.2 Å². The third-order valence-electron chi connectivity index (χ3n) is 6.81. The summed E-state index contributed by atoms with van der Waals surface area (Å²) in [5.41, 5.74) is 3.44. The highest BCUT2D eigenvalue weighted by atomic mass is 32.1. The van der Waals surface area contributed by atoms with Crippen molar-refractivity contribution in [2.45, 2.75) is 51.5 Å². The molecule has 2 aromatic carbocycles. The number of thiophene rings is 1. The fraction of sp³-hybridized carbons (Fsp3) is 0.367. The Labute approximate surface area is 232 Å². The maximum Gasteiger partial charge on any atom is 0.261 e. The molecule has 1 aliphatic heterocycles. The van der Waals surface area contributed by atoms with Crippen molar-refractivity contribution in [1.29, 1.82) is 0 Å². The highest BCUT2D eigenvalue weighted by Gasteiger charge is 2.38. The molecule has 1 aliphatic rings. The first-order chi connectivity index (χ1) is 18.8. The molecule has 0 saturated carbocycles. The Bertz CT molecular complexity index is 1280. The number of carbonyl (C=O) groups excluding carboxylic acids is 3. The van der Waals surface area contributed by atoms with Crippen molar-refractivity contribution in [3.8, 4) is 11.1 Å². The van der Waals surface area contributed by atoms with Crippen LogP contribution in [0.2, 0.25) is 0 Å². The van der Waals surface area contributed by atoms with Crippen molar-refractivity contribution in [2.75, 3.05) is 13.1 Å². The van der Waals surface area contributed by atoms with Crippen LogP contribution in [-0.4, -0.2) is 58.1 Å². The predicted octanol–water partition coefficient (Wildman–Crippen LogP) is 3.50. The lowest BCUT2D eigenvalue weighted by Crippen LogP contribution is -2.50. The van der Waals surface area contributed by atoms with Gasteiger partial charge in [0.25, 0.3) is 17.7 Å². The van der Waals surface area contributed by atoms with Crippen LogP contribution in [0.25, 0.3) is 11.1 Å². The zero-order valence-electron chi connectivity index (χ0n) is 22.2. The molecule has 1 saturated heterocycles. The third-order valence-corrected chi connectivity index (χ3v) is 7.73. The van der Waals surface area contributed by atoms with E-state index < -0.39 is 24.0 Å². The van der Waals surface area contributed by atoms with Crippen LogP contribution in [0.5, 0.6) is 0 Å². The minimum absolute atomic E-state index is 0.101. The smallest absolute Gasteiger partial charge is 0.261 e. The molecule has 8 nitrogen and oxygen atoms in total. The van der Waals surface area contributed by atoms with Crippen molar-refractivity contribution in [2.24, 2.45) is 5.92 Å². The summed E-state index contributed by atoms with van der Waals surface area (Å²) in [5, 5.41) is 28.4. The largest absolute Gasteiger partial charge is 0.380 e. The van der Waals surface area contributed by atoms with E-state index in [9.17, 15) is 24.6 Å². The van der Waals surface area contributed by atoms with Gasteiger partial charge in [-0.25, -0.2) is 0 Å². The number of hydrogen-bond donors (Lipinski definition) is 4. The van der Waals surface area contributed by atoms with Gasteiger partial charge in [-0.3, -0.25) is 14.4 Å². The number of nitrogens with zero attached hydrogens (tertiary/aromatic N) is 1. The number of carbonyl (C=O) groups is 3. The summed E-state index contributed by atoms with van der Waals surface area (Å²) in [6.45, 7) is 5.26. The number of amides is 3. The summed E-state index contributed by atoms with van der Waals surface area (Å²) >= 11 is 1.39. The molecule has 206 valence electrons. The van der Waals surface area contributed by atoms with Crippen molar-refractivity contribution in [3.05, 3.63) is 82.0 Å². The quantitative estimate of drug-likeness (QED) is 0.309. The fourth-order valence-electron chi connectivity index (χ4n) is 4.69. The topological polar surface area (TPSA) is 119 Å². The molecule has 0 aliphatic carbocycles. The van der Waals surface area contributed by atoms with Crippen LogP contribution >= 0.6 is 11.3 Å². The van der Waals surface area contributed by atoms with E-state index in [0.717, 1.165) is 35.1 Å². The highest BCUT2D eigenvalue weighted by Crippen LogP contribution is 2.32. The molecule has 3 atom stereocenters. The number of aliphatic hydroxyl groups is 2. The van der Waals surface area contributed by atoms with Gasteiger partial charge < -0.3 is 25.7 Å². The molecule has 9 heteroatoms. The average Bonchev–Trinajstić information content (AvgIpc) is 3.65. The van der Waals surface area contributed by atoms with E-state index in [2.05, 4.69) is 10.6 Å². The van der Waals surface area contributed by atoms with Crippen molar-refractivity contribution >= 4 is 29.1 Å². The SMILES string of the molecule is CC(C)CNC(=O)c1sccc1-c1ccc(CNC(=O)[C@H](O)[C@@H](O)C(=O)N2CCCC2c2ccccc2)cc1. The Balaban J connectivity index is 1.32. The van der Waals surface area contributed by atoms with E-state index in [0.29, 0.717) is 23.9 Å². The summed E-state index contributed by atoms with van der Waals surface area (Å²) in [6, 6.07) is 18.7. The van der Waals surface area contributed by atoms with Crippen molar-refractivity contribution in [1.82, 2.24) is 15.5 Å². The lowest BCUT2D eigenvalue weighted by molar-refractivity contribution is -0.153. The Kier molecular flexibility index (Phi) is 9.50. The van der Waals surface area contributed by atoms with Crippen molar-refractivity contribution in [3.63, 3.8) is 0 Å². The van der Waals surface area contributed by atoms with Crippen LogP contribution in [0.1, 0.15) is 53.5 Å². The molecule has 0 spiro atoms. The van der Waals surface area contributed by atoms with Gasteiger partial charge in [0.15, 0.2) is 12.2 Å². The van der Waals surface area contributed by atoms with E-state index >= 15 is 0 Å². The molecule has 3 aromatic rings. The zero-order valence-corrected chi connectivity index (χ0v) is 23.0. The maximum absolute atomic E-state index is 13.0. The molecule has 4 rings (SSSR count). The molecule has 2 heterocycles. The molecule has 0 radical (unpaired) electrons. The second-order valence-electron chi connectivity index (χ2n) is 10.2. The van der Waals surface area contributed by atoms with E-state index in [4.69, 9.17) is 0 Å². The Hall–Kier alpha value is -3.53. The Morgan fingerprint density at radius 3 is 2.38 bits per heavy atom. The Morgan fingerprint density at radius 2 is 1.69 bits per heavy atom. The summed E-state index contributed by atoms with van der Waals surface area (Å²) in [7, 11) is 0. The van der Waals surface area contributed by atoms with Gasteiger partial charge in [0.1, 0.15) is 0 Å². The maximum atomic E-state index is 13.0. The number of hydrogen-bond acceptors (Lipinski definition) is 6. The predicted molar refractivity (Wildman–Crippen MR) is 151 cm³/mol. The summed E-state index contributed by atoms with van der Waals surface area (Å²) in [4.78, 5) is 40.3. The van der Waals surface area contributed by atoms with Crippen LogP contribution < -0.4 is 10.6 Å². The first kappa shape index (κ1) is 28.5. The van der Waals surface area contributed by atoms with E-state index in [1.165, 1.54) is 16.2 Å². The third kappa shape index (κ3) is 6.92. The summed E-state index contributed by atoms with van der Waals surface area (Å²) < 4.78 is 0. The molecule has 1 fully saturated rings. The van der Waals surface area contributed by atoms with E-state index in [-0.39, 0.29) is 18.5 Å². The summed E-state index contributed by atoms with van der Waals surface area (Å²) in [6.07, 6.45) is -2.19. The van der Waals surface area contributed by atoms with Gasteiger partial charge in [-0.15, -0.1) is 11.3 Å². The van der Waals surface area contributed by atoms with Crippen LogP contribution in [0.4, 0.5) is 0 Å². The number of benzene rings is 2. The van der Waals surface area contributed by atoms with Crippen LogP contribution in [-0.2, 0) is 16.1 Å². The number of rotatable bonds is 10. The second kappa shape index (κ2) is 13.0. The lowest BCUT2D eigenvalue weighted by atomic mass is 10.0. The van der Waals surface area contributed by atoms with Crippen LogP contribution in [0.3, 0.4) is 0 Å². The standard InChI is InChI=1S/C30H35N3O5S/c1-19(2)17-31-29(37)27-23(14-16-39-27)21-12-10-20(11-13-21)18-32-28(36)25(34)26(35)30(38)33-15-6-9-24(33)22-7-4-3-5-8-22/h3-5,7-8,10-14,16,19,24-26,34-35H,6,9,15,17-18H2,1-2H3,(H,31,37)(H,32,36)/t24?,25-,26-/m1/s1. The second-order valence-corrected chi connectivity index (χ2v) is 11.1. The number of nitrogens with one attached hydrogen (secondary N) is 2. The molecule has 0 bridgehead atoms. The van der Waals surface area contributed by atoms with Crippen molar-refractivity contribution < 1.29 is 24.6 Å². The van der Waals surface area contributed by atoms with Gasteiger partial charge in [-0.1, -0.05) is 68.4 Å². The number of likely N-dealkylation sites (tertiary alicyclic amines) is 1. The summed E-state index contributed by atoms with van der Waals surface area (Å²) in [5.74, 6) is -1.22. The minimum atomic E-state index is -1.88. The molecule has 4 N–H and O–H groups in total. The monoisotopic (exact) mass is 549 g/mol. The Morgan fingerprint density at radius 1 is 0.974 bits per heavy atom. The van der Waals surface area contributed by atoms with Gasteiger partial charge in [-0.05, 0) is 46.9 Å². The molecular weight excluding hydrogens is 514 g/mol. The van der Waals surface area contributed by atoms with E-state index in [1.807, 2.05) is 79.9 Å². The minimum Gasteiger partial charge on any atom is -0.380 e. The molecule has 1 unspecified atom stereocenters. The molecule has 1 aromatic heterocycles. The highest BCUT2D eigenvalue weighted by molar-refractivity contribution is 7.12. The fourth-order valence-corrected chi connectivity index (χ4v) is 5.52. The molecule has 39 heavy (non-hydrogen) atoms. The van der Waals surface area contributed by atoms with Gasteiger partial charge in [0.05, 0.1) is 10.9 Å². The average molecular weight is 550 g/mol.